The summed E-state index contributed by atoms with van der Waals surface area (Å²) in [6.07, 6.45) is 0.216. The summed E-state index contributed by atoms with van der Waals surface area (Å²) < 4.78 is 15.6. The molecule has 0 fully saturated rings. The number of hydrogen-bond donors (Lipinski definition) is 1. The van der Waals surface area contributed by atoms with Gasteiger partial charge in [0.25, 0.3) is 0 Å². The van der Waals surface area contributed by atoms with Gasteiger partial charge in [0, 0.05) is 12.1 Å². The number of ether oxygens (including phenoxy) is 3. The van der Waals surface area contributed by atoms with Gasteiger partial charge in [0.05, 0.1) is 14.2 Å². The molecule has 112 valence electrons. The Labute approximate surface area is 121 Å². The lowest BCUT2D eigenvalue weighted by atomic mass is 10.0. The molecule has 0 atom stereocenters. The molecule has 2 N–H and O–H groups in total. The fourth-order valence-electron chi connectivity index (χ4n) is 2.06. The van der Waals surface area contributed by atoms with Crippen molar-refractivity contribution in [1.82, 2.24) is 0 Å². The van der Waals surface area contributed by atoms with E-state index in [1.165, 1.54) is 7.11 Å². The van der Waals surface area contributed by atoms with Crippen LogP contribution in [0.5, 0.6) is 11.5 Å². The third-order valence-electron chi connectivity index (χ3n) is 3.01. The van der Waals surface area contributed by atoms with Gasteiger partial charge in [-0.1, -0.05) is 0 Å². The fraction of sp³-hybridized carbons (Fsp3) is 0.357. The zero-order chi connectivity index (χ0) is 15.4. The Balaban J connectivity index is 2.30. The van der Waals surface area contributed by atoms with Crippen LogP contribution in [0.15, 0.2) is 17.1 Å². The predicted molar refractivity (Wildman–Crippen MR) is 74.6 cm³/mol. The molecule has 0 aliphatic carbocycles. The van der Waals surface area contributed by atoms with E-state index in [1.54, 1.807) is 13.2 Å². The number of esters is 1. The first-order chi connectivity index (χ1) is 10.0. The number of benzene rings is 1. The number of aliphatic imine (C=N–C) groups is 1. The first-order valence-corrected chi connectivity index (χ1v) is 6.34. The molecule has 1 aliphatic heterocycles. The highest BCUT2D eigenvalue weighted by molar-refractivity contribution is 6.05. The van der Waals surface area contributed by atoms with Crippen molar-refractivity contribution < 1.29 is 23.8 Å². The van der Waals surface area contributed by atoms with Crippen LogP contribution in [-0.2, 0) is 20.7 Å². The molecule has 7 nitrogen and oxygen atoms in total. The van der Waals surface area contributed by atoms with Crippen LogP contribution >= 0.6 is 0 Å². The number of rotatable bonds is 4. The molecule has 0 unspecified atom stereocenters. The molecule has 0 bridgehead atoms. The average molecular weight is 292 g/mol. The van der Waals surface area contributed by atoms with Crippen molar-refractivity contribution >= 4 is 17.8 Å². The lowest BCUT2D eigenvalue weighted by Crippen LogP contribution is -2.23. The molecule has 1 aromatic carbocycles. The molecule has 2 rings (SSSR count). The van der Waals surface area contributed by atoms with Gasteiger partial charge in [0.15, 0.2) is 11.5 Å². The quantitative estimate of drug-likeness (QED) is 0.640. The Morgan fingerprint density at radius 2 is 1.90 bits per heavy atom. The minimum absolute atomic E-state index is 0.170. The lowest BCUT2D eigenvalue weighted by molar-refractivity contribution is -0.138. The van der Waals surface area contributed by atoms with E-state index in [0.717, 1.165) is 5.56 Å². The number of nitrogens with zero attached hydrogens (tertiary/aromatic N) is 1. The van der Waals surface area contributed by atoms with E-state index >= 15 is 0 Å². The first kappa shape index (κ1) is 14.8. The summed E-state index contributed by atoms with van der Waals surface area (Å²) >= 11 is 0. The molecule has 1 heterocycles. The Morgan fingerprint density at radius 3 is 2.52 bits per heavy atom. The van der Waals surface area contributed by atoms with E-state index in [9.17, 15) is 9.59 Å². The third-order valence-corrected chi connectivity index (χ3v) is 3.01. The van der Waals surface area contributed by atoms with E-state index in [2.05, 4.69) is 4.99 Å². The van der Waals surface area contributed by atoms with E-state index in [4.69, 9.17) is 19.9 Å². The normalized spacial score (nSPS) is 13.0. The third kappa shape index (κ3) is 3.31. The maximum Gasteiger partial charge on any atom is 0.322 e. The van der Waals surface area contributed by atoms with Crippen LogP contribution in [0.25, 0.3) is 0 Å². The van der Waals surface area contributed by atoms with Gasteiger partial charge in [0.1, 0.15) is 6.42 Å². The van der Waals surface area contributed by atoms with Crippen molar-refractivity contribution in [2.24, 2.45) is 10.7 Å². The van der Waals surface area contributed by atoms with Crippen LogP contribution in [0.3, 0.4) is 0 Å². The largest absolute Gasteiger partial charge is 0.493 e. The van der Waals surface area contributed by atoms with Gasteiger partial charge in [-0.25, -0.2) is 0 Å². The van der Waals surface area contributed by atoms with Crippen molar-refractivity contribution in [3.8, 4) is 11.5 Å². The number of fused-ring (bicyclic) bond motifs is 1. The summed E-state index contributed by atoms with van der Waals surface area (Å²) in [7, 11) is 3.07. The van der Waals surface area contributed by atoms with Gasteiger partial charge >= 0.3 is 5.97 Å². The predicted octanol–water partition coefficient (Wildman–Crippen LogP) is 0.425. The zero-order valence-electron chi connectivity index (χ0n) is 11.8. The van der Waals surface area contributed by atoms with Crippen LogP contribution in [0.2, 0.25) is 0 Å². The monoisotopic (exact) mass is 292 g/mol. The molecule has 1 aromatic rings. The van der Waals surface area contributed by atoms with Crippen molar-refractivity contribution in [3.05, 3.63) is 23.3 Å². The minimum atomic E-state index is -0.746. The Morgan fingerprint density at radius 1 is 1.24 bits per heavy atom. The maximum atomic E-state index is 11.5. The van der Waals surface area contributed by atoms with Gasteiger partial charge in [-0.05, 0) is 24.1 Å². The van der Waals surface area contributed by atoms with Crippen LogP contribution in [0, 0.1) is 0 Å². The van der Waals surface area contributed by atoms with Crippen LogP contribution in [-0.4, -0.2) is 38.5 Å². The molecular weight excluding hydrogens is 276 g/mol. The maximum absolute atomic E-state index is 11.5. The smallest absolute Gasteiger partial charge is 0.322 e. The highest BCUT2D eigenvalue weighted by Gasteiger charge is 2.22. The van der Waals surface area contributed by atoms with Crippen molar-refractivity contribution in [2.45, 2.75) is 12.8 Å². The summed E-state index contributed by atoms with van der Waals surface area (Å²) in [5.74, 6) is -0.200. The molecule has 0 saturated heterocycles. The lowest BCUT2D eigenvalue weighted by Gasteiger charge is -2.18. The van der Waals surface area contributed by atoms with E-state index in [0.29, 0.717) is 30.0 Å². The summed E-state index contributed by atoms with van der Waals surface area (Å²) in [5, 5.41) is 0. The average Bonchev–Trinajstić information content (AvgIpc) is 2.45. The molecule has 7 heteroatoms. The Kier molecular flexibility index (Phi) is 4.42. The molecule has 21 heavy (non-hydrogen) atoms. The number of hydrogen-bond acceptors (Lipinski definition) is 6. The summed E-state index contributed by atoms with van der Waals surface area (Å²) in [5.41, 5.74) is 6.54. The highest BCUT2D eigenvalue weighted by atomic mass is 16.5. The first-order valence-electron chi connectivity index (χ1n) is 6.34. The van der Waals surface area contributed by atoms with Crippen LogP contribution < -0.4 is 15.2 Å². The fourth-order valence-corrected chi connectivity index (χ4v) is 2.06. The van der Waals surface area contributed by atoms with Gasteiger partial charge in [-0.15, -0.1) is 0 Å². The number of nitrogens with two attached hydrogens (primary N) is 1. The summed E-state index contributed by atoms with van der Waals surface area (Å²) in [4.78, 5) is 26.4. The van der Waals surface area contributed by atoms with E-state index in [1.807, 2.05) is 6.07 Å². The van der Waals surface area contributed by atoms with Crippen molar-refractivity contribution in [1.29, 1.82) is 0 Å². The molecular formula is C14H16N2O5. The standard InChI is InChI=1S/C14H16N2O5/c1-19-10-5-8-3-4-16-14(9(8)6-11(10)20-2)21-13(18)7-12(15)17/h5-6H,3-4,7H2,1-2H3,(H2,15,17). The number of carbonyl (C=O) groups excluding carboxylic acids is 2. The van der Waals surface area contributed by atoms with E-state index < -0.39 is 18.3 Å². The molecule has 1 aliphatic rings. The SMILES string of the molecule is COc1cc2c(cc1OC)C(OC(=O)CC(N)=O)=NCC2. The van der Waals surface area contributed by atoms with Crippen LogP contribution in [0.1, 0.15) is 17.5 Å². The second-order valence-electron chi connectivity index (χ2n) is 4.42. The van der Waals surface area contributed by atoms with Gasteiger partial charge in [-0.2, -0.15) is 0 Å². The number of methoxy groups -OCH3 is 2. The molecule has 1 amide bonds. The summed E-state index contributed by atoms with van der Waals surface area (Å²) in [6, 6.07) is 3.52. The zero-order valence-corrected chi connectivity index (χ0v) is 11.8. The highest BCUT2D eigenvalue weighted by Crippen LogP contribution is 2.32. The van der Waals surface area contributed by atoms with Gasteiger partial charge < -0.3 is 19.9 Å². The molecule has 0 radical (unpaired) electrons. The Hall–Kier alpha value is -2.57. The molecule has 0 saturated carbocycles. The second-order valence-corrected chi connectivity index (χ2v) is 4.42. The van der Waals surface area contributed by atoms with Crippen LogP contribution in [0.4, 0.5) is 0 Å². The van der Waals surface area contributed by atoms with E-state index in [-0.39, 0.29) is 5.90 Å². The number of primary amides is 1. The molecule has 0 spiro atoms. The number of carbonyl (C=O) groups is 2. The van der Waals surface area contributed by atoms with Crippen molar-refractivity contribution in [3.63, 3.8) is 0 Å². The molecule has 0 aromatic heterocycles. The number of amides is 1. The van der Waals surface area contributed by atoms with Crippen molar-refractivity contribution in [2.75, 3.05) is 20.8 Å². The minimum Gasteiger partial charge on any atom is -0.493 e. The second kappa shape index (κ2) is 6.25. The Bertz CT molecular complexity index is 610. The van der Waals surface area contributed by atoms with Gasteiger partial charge in [0.2, 0.25) is 11.8 Å². The summed E-state index contributed by atoms with van der Waals surface area (Å²) in [6.45, 7) is 0.488. The topological polar surface area (TPSA) is 100 Å². The van der Waals surface area contributed by atoms with Gasteiger partial charge in [-0.3, -0.25) is 14.6 Å².